The molecule has 0 aliphatic heterocycles. The van der Waals surface area contributed by atoms with Crippen LogP contribution in [0.25, 0.3) is 32.5 Å². The molecule has 3 aromatic carbocycles. The van der Waals surface area contributed by atoms with Gasteiger partial charge in [0.25, 0.3) is 0 Å². The molecule has 4 rings (SSSR count). The van der Waals surface area contributed by atoms with E-state index in [2.05, 4.69) is 6.92 Å². The number of hydrogen-bond acceptors (Lipinski definition) is 3. The van der Waals surface area contributed by atoms with E-state index in [9.17, 15) is 4.79 Å². The van der Waals surface area contributed by atoms with Gasteiger partial charge in [0.05, 0.1) is 17.9 Å². The molecule has 0 unspecified atom stereocenters. The van der Waals surface area contributed by atoms with Crippen molar-refractivity contribution < 1.29 is 9.15 Å². The lowest BCUT2D eigenvalue weighted by Gasteiger charge is -2.12. The number of methoxy groups -OCH3 is 1. The van der Waals surface area contributed by atoms with E-state index in [1.807, 2.05) is 48.5 Å². The van der Waals surface area contributed by atoms with Crippen LogP contribution < -0.4 is 10.4 Å². The Morgan fingerprint density at radius 1 is 0.957 bits per heavy atom. The highest BCUT2D eigenvalue weighted by Crippen LogP contribution is 2.37. The summed E-state index contributed by atoms with van der Waals surface area (Å²) in [4.78, 5) is 12.5. The second-order valence-corrected chi connectivity index (χ2v) is 5.58. The fourth-order valence-electron chi connectivity index (χ4n) is 3.27. The Hall–Kier alpha value is -2.81. The smallest absolute Gasteiger partial charge is 0.344 e. The Labute approximate surface area is 133 Å². The zero-order valence-electron chi connectivity index (χ0n) is 13.1. The highest BCUT2D eigenvalue weighted by atomic mass is 16.5. The zero-order chi connectivity index (χ0) is 16.0. The standard InChI is InChI=1S/C20H16O3/c1-3-12-9-11-16(22-2)18-17-14-7-5-4-6-13(14)8-10-15(17)20(21)23-19(12)18/h4-11H,3H2,1-2H3. The van der Waals surface area contributed by atoms with Crippen LogP contribution in [-0.4, -0.2) is 7.11 Å². The summed E-state index contributed by atoms with van der Waals surface area (Å²) in [6.45, 7) is 2.05. The molecule has 0 spiro atoms. The number of hydrogen-bond donors (Lipinski definition) is 0. The van der Waals surface area contributed by atoms with Gasteiger partial charge in [0, 0.05) is 5.39 Å². The van der Waals surface area contributed by atoms with Crippen molar-refractivity contribution >= 4 is 32.5 Å². The first-order chi connectivity index (χ1) is 11.2. The minimum atomic E-state index is -0.304. The summed E-state index contributed by atoms with van der Waals surface area (Å²) >= 11 is 0. The Morgan fingerprint density at radius 3 is 2.57 bits per heavy atom. The molecule has 1 heterocycles. The van der Waals surface area contributed by atoms with Gasteiger partial charge in [0.1, 0.15) is 11.3 Å². The van der Waals surface area contributed by atoms with Gasteiger partial charge in [-0.25, -0.2) is 4.79 Å². The molecule has 4 aromatic rings. The van der Waals surface area contributed by atoms with Gasteiger partial charge in [-0.05, 0) is 34.9 Å². The fourth-order valence-corrected chi connectivity index (χ4v) is 3.27. The van der Waals surface area contributed by atoms with Crippen LogP contribution in [0.1, 0.15) is 12.5 Å². The van der Waals surface area contributed by atoms with Crippen LogP contribution in [0.15, 0.2) is 57.7 Å². The van der Waals surface area contributed by atoms with E-state index in [-0.39, 0.29) is 5.63 Å². The lowest BCUT2D eigenvalue weighted by Crippen LogP contribution is -2.02. The SMILES string of the molecule is CCc1ccc(OC)c2c1oc(=O)c1ccc3ccccc3c12. The maximum atomic E-state index is 12.5. The van der Waals surface area contributed by atoms with Crippen molar-refractivity contribution in [2.24, 2.45) is 0 Å². The second-order valence-electron chi connectivity index (χ2n) is 5.58. The summed E-state index contributed by atoms with van der Waals surface area (Å²) in [5.74, 6) is 0.724. The maximum absolute atomic E-state index is 12.5. The molecule has 0 saturated heterocycles. The van der Waals surface area contributed by atoms with Crippen molar-refractivity contribution in [1.29, 1.82) is 0 Å². The van der Waals surface area contributed by atoms with Gasteiger partial charge in [0.15, 0.2) is 0 Å². The Morgan fingerprint density at radius 2 is 1.78 bits per heavy atom. The van der Waals surface area contributed by atoms with Crippen molar-refractivity contribution in [3.05, 3.63) is 64.5 Å². The van der Waals surface area contributed by atoms with E-state index < -0.39 is 0 Å². The average molecular weight is 304 g/mol. The van der Waals surface area contributed by atoms with Gasteiger partial charge in [-0.2, -0.15) is 0 Å². The van der Waals surface area contributed by atoms with Gasteiger partial charge in [-0.15, -0.1) is 0 Å². The highest BCUT2D eigenvalue weighted by molar-refractivity contribution is 6.20. The van der Waals surface area contributed by atoms with E-state index in [0.29, 0.717) is 11.0 Å². The first kappa shape index (κ1) is 13.8. The van der Waals surface area contributed by atoms with Crippen LogP contribution in [0.2, 0.25) is 0 Å². The summed E-state index contributed by atoms with van der Waals surface area (Å²) in [6, 6.07) is 15.8. The van der Waals surface area contributed by atoms with E-state index in [1.54, 1.807) is 7.11 Å². The largest absolute Gasteiger partial charge is 0.496 e. The Bertz CT molecular complexity index is 1110. The van der Waals surface area contributed by atoms with Crippen molar-refractivity contribution in [1.82, 2.24) is 0 Å². The topological polar surface area (TPSA) is 39.4 Å². The summed E-state index contributed by atoms with van der Waals surface area (Å²) in [5.41, 5.74) is 1.33. The third-order valence-electron chi connectivity index (χ3n) is 4.40. The minimum absolute atomic E-state index is 0.304. The predicted molar refractivity (Wildman–Crippen MR) is 93.4 cm³/mol. The predicted octanol–water partition coefficient (Wildman–Crippen LogP) is 4.67. The molecule has 0 radical (unpaired) electrons. The van der Waals surface area contributed by atoms with Gasteiger partial charge in [0.2, 0.25) is 0 Å². The van der Waals surface area contributed by atoms with Crippen molar-refractivity contribution in [3.63, 3.8) is 0 Å². The first-order valence-electron chi connectivity index (χ1n) is 7.68. The normalized spacial score (nSPS) is 11.4. The molecule has 0 atom stereocenters. The third kappa shape index (κ3) is 1.93. The van der Waals surface area contributed by atoms with E-state index in [4.69, 9.17) is 9.15 Å². The Kier molecular flexibility index (Phi) is 3.08. The number of benzene rings is 3. The molecule has 3 heteroatoms. The van der Waals surface area contributed by atoms with Crippen LogP contribution in [-0.2, 0) is 6.42 Å². The number of fused-ring (bicyclic) bond motifs is 5. The molecular weight excluding hydrogens is 288 g/mol. The van der Waals surface area contributed by atoms with Gasteiger partial charge < -0.3 is 9.15 Å². The highest BCUT2D eigenvalue weighted by Gasteiger charge is 2.16. The molecule has 23 heavy (non-hydrogen) atoms. The van der Waals surface area contributed by atoms with Crippen LogP contribution in [0.5, 0.6) is 5.75 Å². The molecule has 3 nitrogen and oxygen atoms in total. The first-order valence-corrected chi connectivity index (χ1v) is 7.68. The summed E-state index contributed by atoms with van der Waals surface area (Å²) in [6.07, 6.45) is 0.791. The van der Waals surface area contributed by atoms with Gasteiger partial charge in [-0.1, -0.05) is 43.3 Å². The number of aryl methyl sites for hydroxylation is 1. The molecule has 0 aliphatic rings. The molecule has 0 bridgehead atoms. The van der Waals surface area contributed by atoms with Gasteiger partial charge in [-0.3, -0.25) is 0 Å². The van der Waals surface area contributed by atoms with Crippen LogP contribution >= 0.6 is 0 Å². The average Bonchev–Trinajstić information content (AvgIpc) is 2.60. The fraction of sp³-hybridized carbons (Fsp3) is 0.150. The molecule has 114 valence electrons. The maximum Gasteiger partial charge on any atom is 0.344 e. The van der Waals surface area contributed by atoms with Crippen LogP contribution in [0, 0.1) is 0 Å². The molecule has 0 amide bonds. The summed E-state index contributed by atoms with van der Waals surface area (Å²) < 4.78 is 11.2. The number of ether oxygens (including phenoxy) is 1. The number of rotatable bonds is 2. The molecule has 0 fully saturated rings. The quantitative estimate of drug-likeness (QED) is 0.399. The van der Waals surface area contributed by atoms with Crippen LogP contribution in [0.4, 0.5) is 0 Å². The lowest BCUT2D eigenvalue weighted by atomic mass is 9.97. The second kappa shape index (κ2) is 5.13. The monoisotopic (exact) mass is 304 g/mol. The van der Waals surface area contributed by atoms with Crippen molar-refractivity contribution in [3.8, 4) is 5.75 Å². The summed E-state index contributed by atoms with van der Waals surface area (Å²) in [5, 5.41) is 4.49. The minimum Gasteiger partial charge on any atom is -0.496 e. The molecule has 1 aromatic heterocycles. The Balaban J connectivity index is 2.40. The molecule has 0 N–H and O–H groups in total. The molecular formula is C20H16O3. The molecule has 0 saturated carbocycles. The van der Waals surface area contributed by atoms with Crippen LogP contribution in [0.3, 0.4) is 0 Å². The lowest BCUT2D eigenvalue weighted by molar-refractivity contribution is 0.419. The molecule has 0 aliphatic carbocycles. The van der Waals surface area contributed by atoms with E-state index in [1.165, 1.54) is 0 Å². The van der Waals surface area contributed by atoms with Crippen molar-refractivity contribution in [2.75, 3.05) is 7.11 Å². The summed E-state index contributed by atoms with van der Waals surface area (Å²) in [7, 11) is 1.64. The van der Waals surface area contributed by atoms with Gasteiger partial charge >= 0.3 is 5.63 Å². The van der Waals surface area contributed by atoms with E-state index in [0.717, 1.165) is 39.3 Å². The van der Waals surface area contributed by atoms with E-state index >= 15 is 0 Å². The third-order valence-corrected chi connectivity index (χ3v) is 4.40. The zero-order valence-corrected chi connectivity index (χ0v) is 13.1. The van der Waals surface area contributed by atoms with Crippen molar-refractivity contribution in [2.45, 2.75) is 13.3 Å².